The molecule has 0 aliphatic rings. The van der Waals surface area contributed by atoms with Gasteiger partial charge in [-0.25, -0.2) is 4.98 Å². The highest BCUT2D eigenvalue weighted by molar-refractivity contribution is 7.20. The molecule has 27 heavy (non-hydrogen) atoms. The summed E-state index contributed by atoms with van der Waals surface area (Å²) in [5.41, 5.74) is 9.66. The van der Waals surface area contributed by atoms with Crippen LogP contribution in [0.2, 0.25) is 0 Å². The highest BCUT2D eigenvalue weighted by atomic mass is 32.1. The molecular formula is C17H12N8S2. The van der Waals surface area contributed by atoms with Gasteiger partial charge in [0, 0.05) is 16.6 Å². The van der Waals surface area contributed by atoms with E-state index in [2.05, 4.69) is 30.0 Å². The van der Waals surface area contributed by atoms with E-state index < -0.39 is 0 Å². The number of benzene rings is 2. The standard InChI is InChI=1S/C17H12N8S2/c18-15-21-16(19-11-7-5-10(6-8-11)13-9-26-24-22-13)23-25(15)17-20-12-3-1-2-4-14(12)27-17/h1-9H,(H3,18,19,21,23). The SMILES string of the molecule is Nc1nc(Nc2ccc(-c3csnn3)cc2)nn1-c1nc2ccccc2s1. The smallest absolute Gasteiger partial charge is 0.248 e. The minimum atomic E-state index is 0.279. The van der Waals surface area contributed by atoms with E-state index in [-0.39, 0.29) is 5.95 Å². The molecule has 3 N–H and O–H groups in total. The van der Waals surface area contributed by atoms with Gasteiger partial charge in [-0.1, -0.05) is 40.1 Å². The van der Waals surface area contributed by atoms with Gasteiger partial charge in [0.15, 0.2) is 0 Å². The van der Waals surface area contributed by atoms with Gasteiger partial charge in [-0.3, -0.25) is 0 Å². The highest BCUT2D eigenvalue weighted by Crippen LogP contribution is 2.27. The van der Waals surface area contributed by atoms with E-state index in [9.17, 15) is 0 Å². The van der Waals surface area contributed by atoms with Crippen molar-refractivity contribution in [2.75, 3.05) is 11.1 Å². The third-order valence-electron chi connectivity index (χ3n) is 3.89. The summed E-state index contributed by atoms with van der Waals surface area (Å²) >= 11 is 2.84. The van der Waals surface area contributed by atoms with Gasteiger partial charge in [0.05, 0.1) is 10.2 Å². The van der Waals surface area contributed by atoms with Crippen molar-refractivity contribution in [2.45, 2.75) is 0 Å². The molecule has 0 bridgehead atoms. The molecule has 3 heterocycles. The van der Waals surface area contributed by atoms with Gasteiger partial charge in [-0.05, 0) is 35.8 Å². The summed E-state index contributed by atoms with van der Waals surface area (Å²) in [4.78, 5) is 8.85. The molecule has 0 amide bonds. The lowest BCUT2D eigenvalue weighted by Crippen LogP contribution is -2.01. The van der Waals surface area contributed by atoms with Crippen LogP contribution in [0.15, 0.2) is 53.9 Å². The maximum Gasteiger partial charge on any atom is 0.248 e. The minimum Gasteiger partial charge on any atom is -0.368 e. The first-order valence-corrected chi connectivity index (χ1v) is 9.64. The maximum atomic E-state index is 6.04. The third kappa shape index (κ3) is 3.00. The van der Waals surface area contributed by atoms with Crippen molar-refractivity contribution in [3.05, 3.63) is 53.9 Å². The van der Waals surface area contributed by atoms with Gasteiger partial charge in [0.25, 0.3) is 0 Å². The van der Waals surface area contributed by atoms with E-state index in [1.807, 2.05) is 53.9 Å². The summed E-state index contributed by atoms with van der Waals surface area (Å²) < 4.78 is 6.50. The molecule has 0 radical (unpaired) electrons. The molecule has 5 aromatic rings. The average molecular weight is 392 g/mol. The van der Waals surface area contributed by atoms with E-state index in [4.69, 9.17) is 5.73 Å². The van der Waals surface area contributed by atoms with Crippen molar-refractivity contribution in [3.8, 4) is 16.4 Å². The monoisotopic (exact) mass is 392 g/mol. The molecule has 10 heteroatoms. The van der Waals surface area contributed by atoms with Crippen LogP contribution in [0.1, 0.15) is 0 Å². The second-order valence-corrected chi connectivity index (χ2v) is 7.28. The molecule has 0 saturated heterocycles. The fourth-order valence-electron chi connectivity index (χ4n) is 2.61. The van der Waals surface area contributed by atoms with Gasteiger partial charge in [-0.2, -0.15) is 9.67 Å². The van der Waals surface area contributed by atoms with Crippen LogP contribution in [-0.4, -0.2) is 29.3 Å². The molecule has 0 fully saturated rings. The first-order valence-electron chi connectivity index (χ1n) is 7.99. The third-order valence-corrected chi connectivity index (χ3v) is 5.41. The summed E-state index contributed by atoms with van der Waals surface area (Å²) in [6, 6.07) is 15.7. The highest BCUT2D eigenvalue weighted by Gasteiger charge is 2.13. The Bertz CT molecular complexity index is 1170. The van der Waals surface area contributed by atoms with E-state index in [1.165, 1.54) is 22.9 Å². The van der Waals surface area contributed by atoms with Gasteiger partial charge in [0.1, 0.15) is 5.69 Å². The first-order chi connectivity index (χ1) is 13.3. The van der Waals surface area contributed by atoms with Gasteiger partial charge < -0.3 is 11.1 Å². The fourth-order valence-corrected chi connectivity index (χ4v) is 4.00. The van der Waals surface area contributed by atoms with Crippen molar-refractivity contribution in [3.63, 3.8) is 0 Å². The number of fused-ring (bicyclic) bond motifs is 1. The van der Waals surface area contributed by atoms with Crippen molar-refractivity contribution in [2.24, 2.45) is 0 Å². The van der Waals surface area contributed by atoms with E-state index in [0.29, 0.717) is 11.1 Å². The number of hydrogen-bond donors (Lipinski definition) is 2. The lowest BCUT2D eigenvalue weighted by molar-refractivity contribution is 0.886. The average Bonchev–Trinajstić information content (AvgIpc) is 3.41. The second kappa shape index (κ2) is 6.41. The molecule has 0 atom stereocenters. The van der Waals surface area contributed by atoms with Crippen LogP contribution in [0.5, 0.6) is 0 Å². The van der Waals surface area contributed by atoms with Crippen LogP contribution in [0.25, 0.3) is 26.6 Å². The summed E-state index contributed by atoms with van der Waals surface area (Å²) in [6.45, 7) is 0. The van der Waals surface area contributed by atoms with Gasteiger partial charge in [-0.15, -0.1) is 10.2 Å². The number of hydrogen-bond acceptors (Lipinski definition) is 9. The number of nitrogen functional groups attached to an aromatic ring is 1. The molecule has 132 valence electrons. The Labute approximate surface area is 161 Å². The lowest BCUT2D eigenvalue weighted by Gasteiger charge is -2.02. The Kier molecular flexibility index (Phi) is 3.77. The Morgan fingerprint density at radius 2 is 1.85 bits per heavy atom. The summed E-state index contributed by atoms with van der Waals surface area (Å²) in [6.07, 6.45) is 0. The number of para-hydroxylation sites is 1. The number of nitrogens with two attached hydrogens (primary N) is 1. The van der Waals surface area contributed by atoms with Crippen LogP contribution in [0.3, 0.4) is 0 Å². The topological polar surface area (TPSA) is 107 Å². The van der Waals surface area contributed by atoms with E-state index >= 15 is 0 Å². The number of aromatic nitrogens is 6. The number of rotatable bonds is 4. The van der Waals surface area contributed by atoms with Crippen LogP contribution < -0.4 is 11.1 Å². The molecule has 2 aromatic carbocycles. The zero-order valence-electron chi connectivity index (χ0n) is 13.8. The van der Waals surface area contributed by atoms with Crippen LogP contribution >= 0.6 is 22.9 Å². The molecule has 0 unspecified atom stereocenters. The largest absolute Gasteiger partial charge is 0.368 e. The van der Waals surface area contributed by atoms with Crippen LogP contribution in [-0.2, 0) is 0 Å². The summed E-state index contributed by atoms with van der Waals surface area (Å²) in [7, 11) is 0. The summed E-state index contributed by atoms with van der Waals surface area (Å²) in [5, 5.41) is 14.3. The van der Waals surface area contributed by atoms with Gasteiger partial charge >= 0.3 is 0 Å². The van der Waals surface area contributed by atoms with Gasteiger partial charge in [0.2, 0.25) is 17.0 Å². The van der Waals surface area contributed by atoms with Crippen molar-refractivity contribution in [1.29, 1.82) is 0 Å². The molecule has 0 saturated carbocycles. The molecule has 3 aromatic heterocycles. The molecular weight excluding hydrogens is 380 g/mol. The zero-order valence-corrected chi connectivity index (χ0v) is 15.4. The first kappa shape index (κ1) is 15.9. The van der Waals surface area contributed by atoms with Crippen molar-refractivity contribution in [1.82, 2.24) is 29.3 Å². The van der Waals surface area contributed by atoms with E-state index in [1.54, 1.807) is 4.68 Å². The van der Waals surface area contributed by atoms with Crippen molar-refractivity contribution < 1.29 is 0 Å². The fraction of sp³-hybridized carbons (Fsp3) is 0. The number of thiazole rings is 1. The van der Waals surface area contributed by atoms with Crippen molar-refractivity contribution >= 4 is 50.7 Å². The van der Waals surface area contributed by atoms with Crippen LogP contribution in [0, 0.1) is 0 Å². The second-order valence-electron chi connectivity index (χ2n) is 5.66. The Morgan fingerprint density at radius 3 is 2.63 bits per heavy atom. The van der Waals surface area contributed by atoms with Crippen LogP contribution in [0.4, 0.5) is 17.6 Å². The number of nitrogens with zero attached hydrogens (tertiary/aromatic N) is 6. The minimum absolute atomic E-state index is 0.279. The zero-order chi connectivity index (χ0) is 18.2. The predicted octanol–water partition coefficient (Wildman–Crippen LogP) is 3.72. The maximum absolute atomic E-state index is 6.04. The molecule has 0 aliphatic carbocycles. The quantitative estimate of drug-likeness (QED) is 0.480. The normalized spacial score (nSPS) is 11.1. The number of nitrogens with one attached hydrogen (secondary N) is 1. The summed E-state index contributed by atoms with van der Waals surface area (Å²) in [5.74, 6) is 0.691. The Hall–Kier alpha value is -3.37. The predicted molar refractivity (Wildman–Crippen MR) is 108 cm³/mol. The van der Waals surface area contributed by atoms with E-state index in [0.717, 1.165) is 27.2 Å². The Balaban J connectivity index is 1.41. The molecule has 0 aliphatic heterocycles. The molecule has 5 rings (SSSR count). The number of anilines is 3. The molecule has 8 nitrogen and oxygen atoms in total. The molecule has 0 spiro atoms. The Morgan fingerprint density at radius 1 is 1.00 bits per heavy atom. The lowest BCUT2D eigenvalue weighted by atomic mass is 10.1.